The highest BCUT2D eigenvalue weighted by Crippen LogP contribution is 1.96. The average Bonchev–Trinajstić information content (AvgIpc) is 1.81. The van der Waals surface area contributed by atoms with Crippen LogP contribution in [-0.2, 0) is 0 Å². The summed E-state index contributed by atoms with van der Waals surface area (Å²) in [6, 6.07) is 0. The van der Waals surface area contributed by atoms with Gasteiger partial charge in [0, 0.05) is 0 Å². The fourth-order valence-corrected chi connectivity index (χ4v) is 0.930. The van der Waals surface area contributed by atoms with Crippen LogP contribution in [0.2, 0.25) is 19.6 Å². The third-order valence-electron chi connectivity index (χ3n) is 0.818. The first-order chi connectivity index (χ1) is 4.45. The molecule has 2 heteroatoms. The third kappa shape index (κ3) is 5.61. The molecule has 0 fully saturated rings. The highest BCUT2D eigenvalue weighted by atomic mass is 28.3. The molecular weight excluding hydrogens is 140 g/mol. The van der Waals surface area contributed by atoms with E-state index in [4.69, 9.17) is 5.11 Å². The fourth-order valence-electron chi connectivity index (χ4n) is 0.349. The molecule has 1 atom stereocenters. The molecule has 0 radical (unpaired) electrons. The smallest absolute Gasteiger partial charge is 0.132 e. The Labute approximate surface area is 63.8 Å². The molecular formula is C8H14OSi. The van der Waals surface area contributed by atoms with Gasteiger partial charge >= 0.3 is 0 Å². The van der Waals surface area contributed by atoms with Gasteiger partial charge in [-0.25, -0.2) is 0 Å². The maximum atomic E-state index is 8.95. The van der Waals surface area contributed by atoms with Crippen molar-refractivity contribution in [2.45, 2.75) is 25.7 Å². The van der Waals surface area contributed by atoms with Gasteiger partial charge in [-0.05, 0) is 0 Å². The van der Waals surface area contributed by atoms with Crippen LogP contribution in [0.25, 0.3) is 0 Å². The van der Waals surface area contributed by atoms with Gasteiger partial charge in [0.15, 0.2) is 0 Å². The maximum Gasteiger partial charge on any atom is 0.132 e. The Bertz CT molecular complexity index is 168. The Morgan fingerprint density at radius 3 is 2.30 bits per heavy atom. The van der Waals surface area contributed by atoms with Crippen LogP contribution in [0.4, 0.5) is 0 Å². The zero-order valence-electron chi connectivity index (χ0n) is 6.81. The summed E-state index contributed by atoms with van der Waals surface area (Å²) in [4.78, 5) is 0. The van der Waals surface area contributed by atoms with E-state index in [0.717, 1.165) is 0 Å². The Balaban J connectivity index is 4.03. The Hall–Kier alpha value is -0.523. The monoisotopic (exact) mass is 154 g/mol. The van der Waals surface area contributed by atoms with E-state index in [0.29, 0.717) is 0 Å². The second kappa shape index (κ2) is 3.60. The van der Waals surface area contributed by atoms with Crippen LogP contribution in [0.3, 0.4) is 0 Å². The van der Waals surface area contributed by atoms with Gasteiger partial charge < -0.3 is 5.11 Å². The van der Waals surface area contributed by atoms with Crippen molar-refractivity contribution >= 4 is 8.07 Å². The zero-order valence-corrected chi connectivity index (χ0v) is 7.81. The lowest BCUT2D eigenvalue weighted by Gasteiger charge is -2.03. The normalized spacial score (nSPS) is 13.2. The molecule has 56 valence electrons. The highest BCUT2D eigenvalue weighted by molar-refractivity contribution is 6.83. The van der Waals surface area contributed by atoms with Crippen molar-refractivity contribution in [2.24, 2.45) is 0 Å². The van der Waals surface area contributed by atoms with Crippen LogP contribution in [-0.4, -0.2) is 19.3 Å². The molecule has 0 aromatic rings. The van der Waals surface area contributed by atoms with Gasteiger partial charge in [-0.15, -0.1) is 5.54 Å². The summed E-state index contributed by atoms with van der Waals surface area (Å²) in [6.07, 6.45) is 0.791. The lowest BCUT2D eigenvalue weighted by atomic mass is 10.4. The molecule has 0 rings (SSSR count). The van der Waals surface area contributed by atoms with Crippen LogP contribution < -0.4 is 0 Å². The van der Waals surface area contributed by atoms with Crippen LogP contribution in [0, 0.1) is 11.5 Å². The molecule has 1 nitrogen and oxygen atoms in total. The van der Waals surface area contributed by atoms with Gasteiger partial charge in [-0.1, -0.05) is 38.2 Å². The molecule has 0 saturated heterocycles. The molecule has 10 heavy (non-hydrogen) atoms. The summed E-state index contributed by atoms with van der Waals surface area (Å²) < 4.78 is 0. The van der Waals surface area contributed by atoms with E-state index >= 15 is 0 Å². The molecule has 1 N–H and O–H groups in total. The molecule has 0 saturated carbocycles. The summed E-state index contributed by atoms with van der Waals surface area (Å²) in [6.45, 7) is 9.83. The minimum Gasteiger partial charge on any atom is -0.377 e. The van der Waals surface area contributed by atoms with E-state index in [9.17, 15) is 0 Å². The predicted molar refractivity (Wildman–Crippen MR) is 47.3 cm³/mol. The first kappa shape index (κ1) is 9.48. The number of rotatable bonds is 1. The van der Waals surface area contributed by atoms with E-state index in [1.54, 1.807) is 0 Å². The average molecular weight is 154 g/mol. The quantitative estimate of drug-likeness (QED) is 0.344. The molecule has 0 aliphatic rings. The van der Waals surface area contributed by atoms with Crippen molar-refractivity contribution in [1.82, 2.24) is 0 Å². The predicted octanol–water partition coefficient (Wildman–Crippen LogP) is 1.41. The van der Waals surface area contributed by atoms with Gasteiger partial charge in [0.1, 0.15) is 14.2 Å². The van der Waals surface area contributed by atoms with Gasteiger partial charge in [-0.3, -0.25) is 0 Å². The molecule has 0 amide bonds. The van der Waals surface area contributed by atoms with E-state index in [1.165, 1.54) is 6.08 Å². The van der Waals surface area contributed by atoms with Gasteiger partial charge in [-0.2, -0.15) is 0 Å². The number of aliphatic hydroxyl groups excluding tert-OH is 1. The van der Waals surface area contributed by atoms with E-state index in [1.807, 2.05) is 0 Å². The molecule has 0 aromatic heterocycles. The second-order valence-electron chi connectivity index (χ2n) is 3.20. The van der Waals surface area contributed by atoms with Crippen molar-refractivity contribution in [3.05, 3.63) is 12.7 Å². The molecule has 0 spiro atoms. The summed E-state index contributed by atoms with van der Waals surface area (Å²) >= 11 is 0. The third-order valence-corrected chi connectivity index (χ3v) is 1.71. The van der Waals surface area contributed by atoms with E-state index in [2.05, 4.69) is 37.7 Å². The molecule has 1 unspecified atom stereocenters. The summed E-state index contributed by atoms with van der Waals surface area (Å²) in [5.74, 6) is 2.72. The van der Waals surface area contributed by atoms with E-state index in [-0.39, 0.29) is 0 Å². The summed E-state index contributed by atoms with van der Waals surface area (Å²) in [7, 11) is -1.31. The second-order valence-corrected chi connectivity index (χ2v) is 7.95. The van der Waals surface area contributed by atoms with Crippen molar-refractivity contribution in [1.29, 1.82) is 0 Å². The number of hydrogen-bond acceptors (Lipinski definition) is 1. The maximum absolute atomic E-state index is 8.95. The first-order valence-corrected chi connectivity index (χ1v) is 6.79. The van der Waals surface area contributed by atoms with Gasteiger partial charge in [0.05, 0.1) is 0 Å². The summed E-state index contributed by atoms with van der Waals surface area (Å²) in [5, 5.41) is 8.95. The largest absolute Gasteiger partial charge is 0.377 e. The molecule has 0 aromatic carbocycles. The molecule has 0 aliphatic heterocycles. The lowest BCUT2D eigenvalue weighted by molar-refractivity contribution is 0.281. The minimum absolute atomic E-state index is 0.647. The van der Waals surface area contributed by atoms with Crippen LogP contribution in [0.15, 0.2) is 12.7 Å². The fraction of sp³-hybridized carbons (Fsp3) is 0.500. The number of hydrogen-bond donors (Lipinski definition) is 1. The minimum atomic E-state index is -1.31. The SMILES string of the molecule is C=CC(O)C#C[Si](C)(C)C. The Morgan fingerprint density at radius 2 is 2.00 bits per heavy atom. The van der Waals surface area contributed by atoms with Crippen LogP contribution in [0.5, 0.6) is 0 Å². The standard InChI is InChI=1S/C8H14OSi/c1-5-8(9)6-7-10(2,3)4/h5,8-9H,1H2,2-4H3. The van der Waals surface area contributed by atoms with Crippen molar-refractivity contribution in [3.8, 4) is 11.5 Å². The highest BCUT2D eigenvalue weighted by Gasteiger charge is 2.07. The van der Waals surface area contributed by atoms with Gasteiger partial charge in [0.2, 0.25) is 0 Å². The summed E-state index contributed by atoms with van der Waals surface area (Å²) in [5.41, 5.74) is 3.04. The van der Waals surface area contributed by atoms with Gasteiger partial charge in [0.25, 0.3) is 0 Å². The Kier molecular flexibility index (Phi) is 3.41. The molecule has 0 aliphatic carbocycles. The van der Waals surface area contributed by atoms with Crippen molar-refractivity contribution in [3.63, 3.8) is 0 Å². The first-order valence-electron chi connectivity index (χ1n) is 3.29. The van der Waals surface area contributed by atoms with Crippen molar-refractivity contribution < 1.29 is 5.11 Å². The molecule has 0 heterocycles. The Morgan fingerprint density at radius 1 is 1.50 bits per heavy atom. The number of aliphatic hydroxyl groups is 1. The van der Waals surface area contributed by atoms with Crippen LogP contribution >= 0.6 is 0 Å². The van der Waals surface area contributed by atoms with Crippen molar-refractivity contribution in [2.75, 3.05) is 0 Å². The van der Waals surface area contributed by atoms with E-state index < -0.39 is 14.2 Å². The zero-order chi connectivity index (χ0) is 8.20. The van der Waals surface area contributed by atoms with Crippen LogP contribution in [0.1, 0.15) is 0 Å². The lowest BCUT2D eigenvalue weighted by Crippen LogP contribution is -2.17. The molecule has 0 bridgehead atoms. The topological polar surface area (TPSA) is 20.2 Å².